The van der Waals surface area contributed by atoms with Crippen molar-refractivity contribution in [2.24, 2.45) is 0 Å². The lowest BCUT2D eigenvalue weighted by atomic mass is 10.0. The molecule has 0 spiro atoms. The van der Waals surface area contributed by atoms with E-state index in [0.29, 0.717) is 25.2 Å². The van der Waals surface area contributed by atoms with E-state index in [9.17, 15) is 19.3 Å². The third kappa shape index (κ3) is 3.00. The van der Waals surface area contributed by atoms with Gasteiger partial charge in [0.05, 0.1) is 18.1 Å². The molecule has 2 fully saturated rings. The summed E-state index contributed by atoms with van der Waals surface area (Å²) in [6, 6.07) is 2.48. The van der Waals surface area contributed by atoms with E-state index in [1.807, 2.05) is 9.80 Å². The van der Waals surface area contributed by atoms with Crippen molar-refractivity contribution < 1.29 is 18.8 Å². The molecule has 0 unspecified atom stereocenters. The summed E-state index contributed by atoms with van der Waals surface area (Å²) in [5, 5.41) is 11.3. The second-order valence-electron chi connectivity index (χ2n) is 6.14. The zero-order valence-electron chi connectivity index (χ0n) is 13.5. The van der Waals surface area contributed by atoms with Crippen LogP contribution >= 0.6 is 0 Å². The van der Waals surface area contributed by atoms with Gasteiger partial charge in [-0.05, 0) is 19.3 Å². The Morgan fingerprint density at radius 1 is 1.29 bits per heavy atom. The smallest absolute Gasteiger partial charge is 0.295 e. The molecule has 2 heterocycles. The van der Waals surface area contributed by atoms with Gasteiger partial charge in [-0.3, -0.25) is 14.9 Å². The van der Waals surface area contributed by atoms with E-state index >= 15 is 0 Å². The van der Waals surface area contributed by atoms with Gasteiger partial charge in [-0.2, -0.15) is 0 Å². The summed E-state index contributed by atoms with van der Waals surface area (Å²) in [6.07, 6.45) is 3.02. The Balaban J connectivity index is 1.78. The van der Waals surface area contributed by atoms with Crippen LogP contribution in [0.5, 0.6) is 5.75 Å². The molecule has 0 N–H and O–H groups in total. The highest BCUT2D eigenvalue weighted by atomic mass is 19.1. The first-order chi connectivity index (χ1) is 11.5. The maximum absolute atomic E-state index is 13.8. The molecule has 130 valence electrons. The summed E-state index contributed by atoms with van der Waals surface area (Å²) < 4.78 is 18.7. The molecule has 8 heteroatoms. The average molecular weight is 337 g/mol. The van der Waals surface area contributed by atoms with Crippen LogP contribution in [0, 0.1) is 15.9 Å². The van der Waals surface area contributed by atoms with Crippen molar-refractivity contribution in [1.29, 1.82) is 0 Å². The van der Waals surface area contributed by atoms with Gasteiger partial charge >= 0.3 is 0 Å². The number of rotatable bonds is 4. The molecule has 0 aromatic heterocycles. The summed E-state index contributed by atoms with van der Waals surface area (Å²) >= 11 is 0. The summed E-state index contributed by atoms with van der Waals surface area (Å²) in [5.41, 5.74) is 0.105. The molecule has 0 aliphatic carbocycles. The molecule has 24 heavy (non-hydrogen) atoms. The Kier molecular flexibility index (Phi) is 4.55. The first-order valence-electron chi connectivity index (χ1n) is 8.07. The van der Waals surface area contributed by atoms with Gasteiger partial charge in [0.25, 0.3) is 5.69 Å². The molecule has 1 amide bonds. The lowest BCUT2D eigenvalue weighted by molar-refractivity contribution is -0.384. The largest absolute Gasteiger partial charge is 0.494 e. The highest BCUT2D eigenvalue weighted by Gasteiger charge is 2.32. The lowest BCUT2D eigenvalue weighted by Crippen LogP contribution is -2.45. The molecule has 7 nitrogen and oxygen atoms in total. The van der Waals surface area contributed by atoms with Gasteiger partial charge in [-0.25, -0.2) is 4.39 Å². The number of amides is 1. The number of nitro benzene ring substituents is 1. The average Bonchev–Trinajstić information content (AvgIpc) is 3.00. The first-order valence-corrected chi connectivity index (χ1v) is 8.07. The fraction of sp³-hybridized carbons (Fsp3) is 0.562. The number of carbonyl (C=O) groups is 1. The molecule has 1 aromatic rings. The standard InChI is InChI=1S/C16H20FN3O4/c1-24-15-10-13(14(20(22)23)9-12(15)17)18-7-4-11(5-8-18)19-6-2-3-16(19)21/h9-11H,2-8H2,1H3. The van der Waals surface area contributed by atoms with Gasteiger partial charge in [0.1, 0.15) is 5.69 Å². The third-order valence-corrected chi connectivity index (χ3v) is 4.80. The minimum absolute atomic E-state index is 0.00700. The van der Waals surface area contributed by atoms with E-state index in [4.69, 9.17) is 4.74 Å². The number of hydrogen-bond donors (Lipinski definition) is 0. The number of likely N-dealkylation sites (tertiary alicyclic amines) is 1. The number of ether oxygens (including phenoxy) is 1. The van der Waals surface area contributed by atoms with E-state index in [1.54, 1.807) is 0 Å². The highest BCUT2D eigenvalue weighted by Crippen LogP contribution is 2.36. The van der Waals surface area contributed by atoms with Crippen LogP contribution in [0.25, 0.3) is 0 Å². The number of carbonyl (C=O) groups excluding carboxylic acids is 1. The van der Waals surface area contributed by atoms with Crippen molar-refractivity contribution in [2.45, 2.75) is 31.7 Å². The fourth-order valence-electron chi connectivity index (χ4n) is 3.56. The van der Waals surface area contributed by atoms with Gasteiger partial charge in [0.2, 0.25) is 5.91 Å². The number of nitro groups is 1. The molecule has 0 atom stereocenters. The number of methoxy groups -OCH3 is 1. The Labute approximate surface area is 139 Å². The van der Waals surface area contributed by atoms with E-state index in [1.165, 1.54) is 13.2 Å². The van der Waals surface area contributed by atoms with Crippen LogP contribution < -0.4 is 9.64 Å². The lowest BCUT2D eigenvalue weighted by Gasteiger charge is -2.37. The van der Waals surface area contributed by atoms with Crippen LogP contribution in [0.4, 0.5) is 15.8 Å². The van der Waals surface area contributed by atoms with Gasteiger partial charge in [0, 0.05) is 38.2 Å². The summed E-state index contributed by atoms with van der Waals surface area (Å²) in [7, 11) is 1.33. The first kappa shape index (κ1) is 16.5. The second-order valence-corrected chi connectivity index (χ2v) is 6.14. The number of nitrogens with zero attached hydrogens (tertiary/aromatic N) is 3. The van der Waals surface area contributed by atoms with Crippen LogP contribution in [-0.4, -0.2) is 48.5 Å². The topological polar surface area (TPSA) is 75.9 Å². The second kappa shape index (κ2) is 6.62. The van der Waals surface area contributed by atoms with Crippen molar-refractivity contribution in [3.63, 3.8) is 0 Å². The minimum Gasteiger partial charge on any atom is -0.494 e. The van der Waals surface area contributed by atoms with Crippen molar-refractivity contribution in [2.75, 3.05) is 31.6 Å². The van der Waals surface area contributed by atoms with Crippen molar-refractivity contribution in [3.05, 3.63) is 28.1 Å². The van der Waals surface area contributed by atoms with E-state index in [0.717, 1.165) is 31.9 Å². The van der Waals surface area contributed by atoms with Crippen LogP contribution in [-0.2, 0) is 4.79 Å². The molecule has 0 saturated carbocycles. The van der Waals surface area contributed by atoms with Gasteiger partial charge in [-0.15, -0.1) is 0 Å². The maximum Gasteiger partial charge on any atom is 0.295 e. The summed E-state index contributed by atoms with van der Waals surface area (Å²) in [4.78, 5) is 26.3. The molecule has 0 bridgehead atoms. The van der Waals surface area contributed by atoms with Gasteiger partial charge in [-0.1, -0.05) is 0 Å². The summed E-state index contributed by atoms with van der Waals surface area (Å²) in [5.74, 6) is -0.555. The molecule has 3 rings (SSSR count). The molecule has 2 saturated heterocycles. The Morgan fingerprint density at radius 2 is 2.00 bits per heavy atom. The van der Waals surface area contributed by atoms with Crippen molar-refractivity contribution in [1.82, 2.24) is 4.90 Å². The predicted octanol–water partition coefficient (Wildman–Crippen LogP) is 2.33. The molecule has 2 aliphatic rings. The van der Waals surface area contributed by atoms with Crippen molar-refractivity contribution in [3.8, 4) is 5.75 Å². The third-order valence-electron chi connectivity index (χ3n) is 4.80. The molecular weight excluding hydrogens is 317 g/mol. The van der Waals surface area contributed by atoms with Gasteiger partial charge in [0.15, 0.2) is 11.6 Å². The predicted molar refractivity (Wildman–Crippen MR) is 85.8 cm³/mol. The number of hydrogen-bond acceptors (Lipinski definition) is 5. The van der Waals surface area contributed by atoms with E-state index in [2.05, 4.69) is 0 Å². The van der Waals surface area contributed by atoms with Gasteiger partial charge < -0.3 is 14.5 Å². The number of piperidine rings is 1. The molecular formula is C16H20FN3O4. The Bertz CT molecular complexity index is 659. The Morgan fingerprint density at radius 3 is 2.54 bits per heavy atom. The fourth-order valence-corrected chi connectivity index (χ4v) is 3.56. The maximum atomic E-state index is 13.8. The quantitative estimate of drug-likeness (QED) is 0.623. The van der Waals surface area contributed by atoms with E-state index < -0.39 is 10.7 Å². The van der Waals surface area contributed by atoms with E-state index in [-0.39, 0.29) is 23.4 Å². The highest BCUT2D eigenvalue weighted by molar-refractivity contribution is 5.78. The zero-order chi connectivity index (χ0) is 17.3. The zero-order valence-corrected chi connectivity index (χ0v) is 13.5. The molecule has 1 aromatic carbocycles. The van der Waals surface area contributed by atoms with Crippen LogP contribution in [0.3, 0.4) is 0 Å². The van der Waals surface area contributed by atoms with Crippen molar-refractivity contribution >= 4 is 17.3 Å². The minimum atomic E-state index is -0.745. The van der Waals surface area contributed by atoms with Crippen LogP contribution in [0.1, 0.15) is 25.7 Å². The normalized spacial score (nSPS) is 19.0. The number of benzene rings is 1. The summed E-state index contributed by atoms with van der Waals surface area (Å²) in [6.45, 7) is 1.97. The monoisotopic (exact) mass is 337 g/mol. The van der Waals surface area contributed by atoms with Crippen LogP contribution in [0.2, 0.25) is 0 Å². The van der Waals surface area contributed by atoms with Crippen LogP contribution in [0.15, 0.2) is 12.1 Å². The molecule has 2 aliphatic heterocycles. The number of anilines is 1. The Hall–Kier alpha value is -2.38. The molecule has 0 radical (unpaired) electrons. The number of halogens is 1. The SMILES string of the molecule is COc1cc(N2CCC(N3CCCC3=O)CC2)c([N+](=O)[O-])cc1F.